The number of benzene rings is 2. The molecule has 0 spiro atoms. The lowest BCUT2D eigenvalue weighted by Gasteiger charge is -2.09. The molecule has 1 heterocycles. The first-order chi connectivity index (χ1) is 9.56. The topological polar surface area (TPSA) is 77.0 Å². The molecule has 102 valence electrons. The third kappa shape index (κ3) is 1.93. The van der Waals surface area contributed by atoms with Gasteiger partial charge in [0.25, 0.3) is 0 Å². The quantitative estimate of drug-likeness (QED) is 0.703. The second-order valence-corrected chi connectivity index (χ2v) is 4.37. The Bertz CT molecular complexity index is 800. The Morgan fingerprint density at radius 3 is 2.60 bits per heavy atom. The highest BCUT2D eigenvalue weighted by atomic mass is 19.1. The average molecular weight is 276 g/mol. The zero-order valence-electron chi connectivity index (χ0n) is 10.4. The van der Waals surface area contributed by atoms with Crippen LogP contribution in [0.4, 0.5) is 25.8 Å². The minimum Gasteiger partial charge on any atom is -0.397 e. The molecule has 0 unspecified atom stereocenters. The van der Waals surface area contributed by atoms with Crippen molar-refractivity contribution in [2.24, 2.45) is 0 Å². The van der Waals surface area contributed by atoms with Gasteiger partial charge in [0, 0.05) is 6.07 Å². The van der Waals surface area contributed by atoms with E-state index in [2.05, 4.69) is 20.3 Å². The third-order valence-electron chi connectivity index (χ3n) is 2.96. The van der Waals surface area contributed by atoms with Crippen LogP contribution in [-0.2, 0) is 0 Å². The summed E-state index contributed by atoms with van der Waals surface area (Å²) >= 11 is 0. The number of aryl methyl sites for hydroxylation is 1. The largest absolute Gasteiger partial charge is 0.397 e. The van der Waals surface area contributed by atoms with Crippen molar-refractivity contribution in [2.75, 3.05) is 11.1 Å². The summed E-state index contributed by atoms with van der Waals surface area (Å²) in [5.41, 5.74) is 7.48. The summed E-state index contributed by atoms with van der Waals surface area (Å²) in [4.78, 5) is 0. The van der Waals surface area contributed by atoms with Crippen molar-refractivity contribution in [3.63, 3.8) is 0 Å². The Labute approximate surface area is 112 Å². The molecule has 0 aliphatic rings. The van der Waals surface area contributed by atoms with Gasteiger partial charge >= 0.3 is 0 Å². The maximum atomic E-state index is 13.8. The van der Waals surface area contributed by atoms with E-state index in [4.69, 9.17) is 5.73 Å². The lowest BCUT2D eigenvalue weighted by atomic mass is 10.2. The summed E-state index contributed by atoms with van der Waals surface area (Å²) in [5, 5.41) is 10.1. The van der Waals surface area contributed by atoms with Gasteiger partial charge in [0.2, 0.25) is 0 Å². The molecule has 2 aromatic carbocycles. The Hall–Kier alpha value is -2.70. The molecule has 0 bridgehead atoms. The van der Waals surface area contributed by atoms with E-state index in [0.717, 1.165) is 12.1 Å². The van der Waals surface area contributed by atoms with E-state index < -0.39 is 11.6 Å². The fourth-order valence-corrected chi connectivity index (χ4v) is 1.87. The van der Waals surface area contributed by atoms with Gasteiger partial charge in [0.15, 0.2) is 11.0 Å². The first kappa shape index (κ1) is 12.3. The Morgan fingerprint density at radius 1 is 1.05 bits per heavy atom. The zero-order valence-corrected chi connectivity index (χ0v) is 10.4. The summed E-state index contributed by atoms with van der Waals surface area (Å²) < 4.78 is 31.9. The molecule has 5 nitrogen and oxygen atoms in total. The van der Waals surface area contributed by atoms with Crippen LogP contribution in [0.1, 0.15) is 5.56 Å². The first-order valence-corrected chi connectivity index (χ1v) is 5.79. The van der Waals surface area contributed by atoms with E-state index in [1.54, 1.807) is 12.1 Å². The standard InChI is InChI=1S/C13H10F2N4O/c1-6-4-8(15)11(5-7(6)14)17-10-3-2-9(16)12-13(10)19-20-18-12/h2-5,17H,16H2,1H3. The Balaban J connectivity index is 2.08. The fraction of sp³-hybridized carbons (Fsp3) is 0.0769. The molecule has 0 amide bonds. The van der Waals surface area contributed by atoms with Crippen molar-refractivity contribution in [1.29, 1.82) is 0 Å². The molecule has 3 aromatic rings. The molecule has 3 N–H and O–H groups in total. The van der Waals surface area contributed by atoms with Crippen molar-refractivity contribution in [3.05, 3.63) is 41.5 Å². The summed E-state index contributed by atoms with van der Waals surface area (Å²) in [5.74, 6) is -1.07. The molecule has 0 aliphatic carbocycles. The van der Waals surface area contributed by atoms with Crippen LogP contribution in [0, 0.1) is 18.6 Å². The number of nitrogens with one attached hydrogen (secondary N) is 1. The van der Waals surface area contributed by atoms with Crippen LogP contribution in [0.3, 0.4) is 0 Å². The minimum absolute atomic E-state index is 0.00201. The highest BCUT2D eigenvalue weighted by Gasteiger charge is 2.13. The summed E-state index contributed by atoms with van der Waals surface area (Å²) in [6.07, 6.45) is 0. The number of nitrogen functional groups attached to an aromatic ring is 1. The summed E-state index contributed by atoms with van der Waals surface area (Å²) in [6, 6.07) is 5.38. The highest BCUT2D eigenvalue weighted by molar-refractivity contribution is 5.96. The van der Waals surface area contributed by atoms with Gasteiger partial charge in [-0.2, -0.15) is 0 Å². The van der Waals surface area contributed by atoms with E-state index in [-0.39, 0.29) is 11.3 Å². The fourth-order valence-electron chi connectivity index (χ4n) is 1.87. The van der Waals surface area contributed by atoms with Crippen molar-refractivity contribution in [2.45, 2.75) is 6.92 Å². The van der Waals surface area contributed by atoms with Crippen molar-refractivity contribution < 1.29 is 13.4 Å². The molecule has 3 rings (SSSR count). The smallest absolute Gasteiger partial charge is 0.160 e. The predicted octanol–water partition coefficient (Wildman–Crippen LogP) is 3.14. The molecular formula is C13H10F2N4O. The second-order valence-electron chi connectivity index (χ2n) is 4.37. The Kier molecular flexibility index (Phi) is 2.74. The molecule has 1 aromatic heterocycles. The average Bonchev–Trinajstić information content (AvgIpc) is 2.89. The molecule has 0 saturated carbocycles. The lowest BCUT2D eigenvalue weighted by molar-refractivity contribution is 0.316. The van der Waals surface area contributed by atoms with Crippen LogP contribution in [0.5, 0.6) is 0 Å². The molecule has 0 fully saturated rings. The van der Waals surface area contributed by atoms with Crippen LogP contribution >= 0.6 is 0 Å². The van der Waals surface area contributed by atoms with Crippen LogP contribution in [0.25, 0.3) is 11.0 Å². The predicted molar refractivity (Wildman–Crippen MR) is 70.6 cm³/mol. The maximum absolute atomic E-state index is 13.8. The van der Waals surface area contributed by atoms with Crippen LogP contribution in [0.2, 0.25) is 0 Å². The maximum Gasteiger partial charge on any atom is 0.160 e. The monoisotopic (exact) mass is 276 g/mol. The molecule has 0 aliphatic heterocycles. The number of nitrogens with zero attached hydrogens (tertiary/aromatic N) is 2. The van der Waals surface area contributed by atoms with Gasteiger partial charge in [-0.25, -0.2) is 13.4 Å². The zero-order chi connectivity index (χ0) is 14.3. The van der Waals surface area contributed by atoms with E-state index in [1.165, 1.54) is 6.92 Å². The second kappa shape index (κ2) is 4.44. The van der Waals surface area contributed by atoms with Gasteiger partial charge in [0.05, 0.1) is 17.1 Å². The molecule has 0 saturated heterocycles. The lowest BCUT2D eigenvalue weighted by Crippen LogP contribution is -1.98. The van der Waals surface area contributed by atoms with Gasteiger partial charge < -0.3 is 11.1 Å². The molecular weight excluding hydrogens is 266 g/mol. The number of rotatable bonds is 2. The molecule has 0 radical (unpaired) electrons. The van der Waals surface area contributed by atoms with Crippen LogP contribution in [-0.4, -0.2) is 10.3 Å². The van der Waals surface area contributed by atoms with Gasteiger partial charge in [-0.1, -0.05) is 0 Å². The van der Waals surface area contributed by atoms with Gasteiger partial charge in [-0.15, -0.1) is 0 Å². The number of nitrogens with two attached hydrogens (primary N) is 1. The van der Waals surface area contributed by atoms with Gasteiger partial charge in [0.1, 0.15) is 11.6 Å². The number of halogens is 2. The minimum atomic E-state index is -0.565. The normalized spacial score (nSPS) is 10.9. The van der Waals surface area contributed by atoms with Crippen LogP contribution < -0.4 is 11.1 Å². The van der Waals surface area contributed by atoms with Crippen molar-refractivity contribution in [3.8, 4) is 0 Å². The highest BCUT2D eigenvalue weighted by Crippen LogP contribution is 2.29. The van der Waals surface area contributed by atoms with E-state index in [0.29, 0.717) is 22.4 Å². The van der Waals surface area contributed by atoms with Gasteiger partial charge in [-0.05, 0) is 41.0 Å². The van der Waals surface area contributed by atoms with Crippen molar-refractivity contribution in [1.82, 2.24) is 10.3 Å². The SMILES string of the molecule is Cc1cc(F)c(Nc2ccc(N)c3nonc23)cc1F. The number of fused-ring (bicyclic) bond motifs is 1. The van der Waals surface area contributed by atoms with E-state index >= 15 is 0 Å². The van der Waals surface area contributed by atoms with E-state index in [9.17, 15) is 8.78 Å². The number of aromatic nitrogens is 2. The van der Waals surface area contributed by atoms with Crippen molar-refractivity contribution >= 4 is 28.1 Å². The van der Waals surface area contributed by atoms with E-state index in [1.807, 2.05) is 0 Å². The molecule has 0 atom stereocenters. The van der Waals surface area contributed by atoms with Crippen LogP contribution in [0.15, 0.2) is 28.9 Å². The van der Waals surface area contributed by atoms with Gasteiger partial charge in [-0.3, -0.25) is 0 Å². The number of hydrogen-bond donors (Lipinski definition) is 2. The first-order valence-electron chi connectivity index (χ1n) is 5.79. The summed E-state index contributed by atoms with van der Waals surface area (Å²) in [7, 11) is 0. The number of hydrogen-bond acceptors (Lipinski definition) is 5. The summed E-state index contributed by atoms with van der Waals surface area (Å²) in [6.45, 7) is 1.49. The Morgan fingerprint density at radius 2 is 1.80 bits per heavy atom. The number of anilines is 3. The molecule has 7 heteroatoms. The third-order valence-corrected chi connectivity index (χ3v) is 2.96. The molecule has 20 heavy (non-hydrogen) atoms.